The summed E-state index contributed by atoms with van der Waals surface area (Å²) in [6.07, 6.45) is 0. The van der Waals surface area contributed by atoms with E-state index in [1.54, 1.807) is 19.1 Å². The largest absolute Gasteiger partial charge is 0.478 e. The topological polar surface area (TPSA) is 46.5 Å². The molecule has 2 rings (SSSR count). The Morgan fingerprint density at radius 3 is 2.63 bits per heavy atom. The molecule has 2 aromatic rings. The summed E-state index contributed by atoms with van der Waals surface area (Å²) < 4.78 is 18.7. The molecule has 0 unspecified atom stereocenters. The number of aromatic carboxylic acids is 1. The van der Waals surface area contributed by atoms with E-state index in [0.717, 1.165) is 11.6 Å². The molecule has 0 saturated heterocycles. The van der Waals surface area contributed by atoms with Gasteiger partial charge in [-0.2, -0.15) is 0 Å². The zero-order valence-corrected chi connectivity index (χ0v) is 10.7. The summed E-state index contributed by atoms with van der Waals surface area (Å²) in [7, 11) is 0. The molecule has 0 aliphatic rings. The van der Waals surface area contributed by atoms with Crippen molar-refractivity contribution in [3.05, 3.63) is 58.4 Å². The van der Waals surface area contributed by atoms with Crippen LogP contribution < -0.4 is 4.74 Å². The normalized spacial score (nSPS) is 10.3. The first-order chi connectivity index (χ1) is 8.97. The van der Waals surface area contributed by atoms with Crippen LogP contribution in [0.5, 0.6) is 11.5 Å². The number of carboxylic acids is 1. The predicted octanol–water partition coefficient (Wildman–Crippen LogP) is 4.28. The quantitative estimate of drug-likeness (QED) is 0.913. The highest BCUT2D eigenvalue weighted by Gasteiger charge is 2.12. The molecule has 0 radical (unpaired) electrons. The van der Waals surface area contributed by atoms with Crippen LogP contribution in [-0.4, -0.2) is 11.1 Å². The van der Waals surface area contributed by atoms with Gasteiger partial charge in [0.15, 0.2) is 0 Å². The van der Waals surface area contributed by atoms with Crippen molar-refractivity contribution < 1.29 is 19.0 Å². The number of benzene rings is 2. The summed E-state index contributed by atoms with van der Waals surface area (Å²) in [5, 5.41) is 9.04. The molecule has 0 aliphatic heterocycles. The maximum atomic E-state index is 13.3. The highest BCUT2D eigenvalue weighted by atomic mass is 35.5. The van der Waals surface area contributed by atoms with Gasteiger partial charge in [0.25, 0.3) is 0 Å². The van der Waals surface area contributed by atoms with Crippen molar-refractivity contribution in [2.45, 2.75) is 6.92 Å². The monoisotopic (exact) mass is 280 g/mol. The molecule has 2 aromatic carbocycles. The minimum atomic E-state index is -1.11. The van der Waals surface area contributed by atoms with Gasteiger partial charge in [-0.05, 0) is 36.8 Å². The maximum absolute atomic E-state index is 13.3. The van der Waals surface area contributed by atoms with Crippen LogP contribution in [0, 0.1) is 12.7 Å². The number of ether oxygens (including phenoxy) is 1. The molecule has 0 saturated carbocycles. The number of carbonyl (C=O) groups is 1. The van der Waals surface area contributed by atoms with Crippen LogP contribution in [-0.2, 0) is 0 Å². The Morgan fingerprint density at radius 1 is 1.26 bits per heavy atom. The Hall–Kier alpha value is -2.07. The van der Waals surface area contributed by atoms with Crippen LogP contribution >= 0.6 is 11.6 Å². The fraction of sp³-hybridized carbons (Fsp3) is 0.0714. The summed E-state index contributed by atoms with van der Waals surface area (Å²) in [6, 6.07) is 8.62. The Bertz CT molecular complexity index is 641. The van der Waals surface area contributed by atoms with E-state index in [-0.39, 0.29) is 22.1 Å². The molecule has 1 N–H and O–H groups in total. The van der Waals surface area contributed by atoms with Gasteiger partial charge < -0.3 is 9.84 Å². The summed E-state index contributed by atoms with van der Waals surface area (Å²) >= 11 is 5.57. The summed E-state index contributed by atoms with van der Waals surface area (Å²) in [6.45, 7) is 1.81. The van der Waals surface area contributed by atoms with Gasteiger partial charge >= 0.3 is 5.97 Å². The van der Waals surface area contributed by atoms with Crippen LogP contribution in [0.4, 0.5) is 4.39 Å². The molecule has 0 aromatic heterocycles. The van der Waals surface area contributed by atoms with E-state index >= 15 is 0 Å². The van der Waals surface area contributed by atoms with Gasteiger partial charge in [0.1, 0.15) is 22.9 Å². The molecular weight excluding hydrogens is 271 g/mol. The van der Waals surface area contributed by atoms with Crippen LogP contribution in [0.15, 0.2) is 36.4 Å². The second-order valence-electron chi connectivity index (χ2n) is 3.98. The fourth-order valence-electron chi connectivity index (χ4n) is 1.56. The molecular formula is C14H10ClFO3. The lowest BCUT2D eigenvalue weighted by molar-refractivity contribution is 0.0694. The first-order valence-corrected chi connectivity index (χ1v) is 5.82. The summed E-state index contributed by atoms with van der Waals surface area (Å²) in [4.78, 5) is 11.1. The minimum absolute atomic E-state index is 0.0148. The van der Waals surface area contributed by atoms with Gasteiger partial charge in [0.2, 0.25) is 0 Å². The highest BCUT2D eigenvalue weighted by Crippen LogP contribution is 2.28. The lowest BCUT2D eigenvalue weighted by Gasteiger charge is -2.10. The van der Waals surface area contributed by atoms with E-state index in [1.165, 1.54) is 18.2 Å². The molecule has 3 nitrogen and oxygen atoms in total. The molecule has 0 fully saturated rings. The van der Waals surface area contributed by atoms with Crippen LogP contribution in [0.25, 0.3) is 0 Å². The molecule has 5 heteroatoms. The predicted molar refractivity (Wildman–Crippen MR) is 69.6 cm³/mol. The lowest BCUT2D eigenvalue weighted by Crippen LogP contribution is -2.00. The maximum Gasteiger partial charge on any atom is 0.339 e. The molecule has 19 heavy (non-hydrogen) atoms. The number of carboxylic acid groups (broad SMARTS) is 1. The van der Waals surface area contributed by atoms with E-state index in [9.17, 15) is 9.18 Å². The molecule has 0 atom stereocenters. The Balaban J connectivity index is 2.39. The van der Waals surface area contributed by atoms with Crippen molar-refractivity contribution in [2.75, 3.05) is 0 Å². The Morgan fingerprint density at radius 2 is 2.00 bits per heavy atom. The number of aryl methyl sites for hydroxylation is 1. The van der Waals surface area contributed by atoms with E-state index in [1.807, 2.05) is 0 Å². The Kier molecular flexibility index (Phi) is 3.71. The molecule has 0 aliphatic carbocycles. The van der Waals surface area contributed by atoms with Gasteiger partial charge in [0, 0.05) is 6.07 Å². The first kappa shape index (κ1) is 13.4. The highest BCUT2D eigenvalue weighted by molar-refractivity contribution is 6.30. The molecule has 0 bridgehead atoms. The number of halogens is 2. The third kappa shape index (κ3) is 3.03. The van der Waals surface area contributed by atoms with E-state index in [4.69, 9.17) is 21.4 Å². The van der Waals surface area contributed by atoms with Crippen molar-refractivity contribution in [3.63, 3.8) is 0 Å². The van der Waals surface area contributed by atoms with Crippen LogP contribution in [0.2, 0.25) is 5.02 Å². The second-order valence-corrected chi connectivity index (χ2v) is 4.39. The third-order valence-electron chi connectivity index (χ3n) is 2.49. The molecule has 0 spiro atoms. The third-order valence-corrected chi connectivity index (χ3v) is 2.79. The molecule has 0 amide bonds. The zero-order valence-electron chi connectivity index (χ0n) is 9.98. The summed E-state index contributed by atoms with van der Waals surface area (Å²) in [5.74, 6) is -1.38. The number of hydrogen-bond acceptors (Lipinski definition) is 2. The van der Waals surface area contributed by atoms with Crippen molar-refractivity contribution in [3.8, 4) is 11.5 Å². The SMILES string of the molecule is Cc1ccc(C(=O)O)c(Oc2ccc(Cl)c(F)c2)c1. The van der Waals surface area contributed by atoms with Crippen LogP contribution in [0.1, 0.15) is 15.9 Å². The van der Waals surface area contributed by atoms with Gasteiger partial charge in [-0.3, -0.25) is 0 Å². The zero-order chi connectivity index (χ0) is 14.0. The fourth-order valence-corrected chi connectivity index (χ4v) is 1.68. The van der Waals surface area contributed by atoms with Gasteiger partial charge in [0.05, 0.1) is 5.02 Å². The van der Waals surface area contributed by atoms with E-state index in [0.29, 0.717) is 0 Å². The van der Waals surface area contributed by atoms with Gasteiger partial charge in [-0.15, -0.1) is 0 Å². The van der Waals surface area contributed by atoms with Crippen LogP contribution in [0.3, 0.4) is 0 Å². The average molecular weight is 281 g/mol. The molecule has 0 heterocycles. The van der Waals surface area contributed by atoms with Crippen molar-refractivity contribution in [1.29, 1.82) is 0 Å². The summed E-state index contributed by atoms with van der Waals surface area (Å²) in [5.41, 5.74) is 0.857. The van der Waals surface area contributed by atoms with Gasteiger partial charge in [-0.1, -0.05) is 17.7 Å². The number of rotatable bonds is 3. The number of hydrogen-bond donors (Lipinski definition) is 1. The standard InChI is InChI=1S/C14H10ClFO3/c1-8-2-4-10(14(17)18)13(6-8)19-9-3-5-11(15)12(16)7-9/h2-7H,1H3,(H,17,18). The lowest BCUT2D eigenvalue weighted by atomic mass is 10.1. The smallest absolute Gasteiger partial charge is 0.339 e. The van der Waals surface area contributed by atoms with Crippen molar-refractivity contribution in [1.82, 2.24) is 0 Å². The van der Waals surface area contributed by atoms with E-state index in [2.05, 4.69) is 0 Å². The minimum Gasteiger partial charge on any atom is -0.478 e. The second kappa shape index (κ2) is 5.28. The average Bonchev–Trinajstić information content (AvgIpc) is 2.33. The van der Waals surface area contributed by atoms with Gasteiger partial charge in [-0.25, -0.2) is 9.18 Å². The molecule has 98 valence electrons. The van der Waals surface area contributed by atoms with Crippen molar-refractivity contribution >= 4 is 17.6 Å². The Labute approximate surface area is 114 Å². The van der Waals surface area contributed by atoms with E-state index < -0.39 is 11.8 Å². The van der Waals surface area contributed by atoms with Crippen molar-refractivity contribution in [2.24, 2.45) is 0 Å². The first-order valence-electron chi connectivity index (χ1n) is 5.44.